The van der Waals surface area contributed by atoms with Crippen molar-refractivity contribution in [3.8, 4) is 5.75 Å². The van der Waals surface area contributed by atoms with Gasteiger partial charge in [0.25, 0.3) is 0 Å². The van der Waals surface area contributed by atoms with E-state index in [4.69, 9.17) is 4.74 Å². The van der Waals surface area contributed by atoms with Crippen molar-refractivity contribution in [2.45, 2.75) is 44.9 Å². The van der Waals surface area contributed by atoms with Gasteiger partial charge in [-0.25, -0.2) is 0 Å². The average Bonchev–Trinajstić information content (AvgIpc) is 2.42. The molecule has 1 aromatic carbocycles. The summed E-state index contributed by atoms with van der Waals surface area (Å²) in [6, 6.07) is 8.68. The van der Waals surface area contributed by atoms with E-state index in [1.54, 1.807) is 7.11 Å². The molecule has 0 spiro atoms. The van der Waals surface area contributed by atoms with E-state index in [0.717, 1.165) is 24.8 Å². The lowest BCUT2D eigenvalue weighted by atomic mass is 9.58. The van der Waals surface area contributed by atoms with Crippen LogP contribution in [0, 0.1) is 5.92 Å². The lowest BCUT2D eigenvalue weighted by Crippen LogP contribution is -2.48. The van der Waals surface area contributed by atoms with Crippen molar-refractivity contribution in [1.29, 1.82) is 0 Å². The number of hydrogen-bond donors (Lipinski definition) is 1. The molecule has 0 amide bonds. The Morgan fingerprint density at radius 2 is 1.89 bits per heavy atom. The van der Waals surface area contributed by atoms with Crippen LogP contribution in [0.1, 0.15) is 45.1 Å². The van der Waals surface area contributed by atoms with Gasteiger partial charge in [0.2, 0.25) is 0 Å². The maximum atomic E-state index is 5.26. The van der Waals surface area contributed by atoms with Crippen molar-refractivity contribution < 1.29 is 4.74 Å². The summed E-state index contributed by atoms with van der Waals surface area (Å²) in [5.74, 6) is 1.86. The molecule has 0 unspecified atom stereocenters. The first-order valence-corrected chi connectivity index (χ1v) is 7.59. The minimum Gasteiger partial charge on any atom is -0.497 e. The molecule has 1 N–H and O–H groups in total. The Balaban J connectivity index is 2.08. The van der Waals surface area contributed by atoms with E-state index >= 15 is 0 Å². The molecule has 0 atom stereocenters. The zero-order valence-electron chi connectivity index (χ0n) is 12.5. The molecular weight excluding hydrogens is 234 g/mol. The summed E-state index contributed by atoms with van der Waals surface area (Å²) in [5.41, 5.74) is 1.84. The van der Waals surface area contributed by atoms with Crippen molar-refractivity contribution in [3.05, 3.63) is 29.8 Å². The Labute approximate surface area is 117 Å². The highest BCUT2D eigenvalue weighted by atomic mass is 16.5. The van der Waals surface area contributed by atoms with E-state index in [1.165, 1.54) is 31.2 Å². The molecule has 19 heavy (non-hydrogen) atoms. The van der Waals surface area contributed by atoms with Crippen molar-refractivity contribution in [2.24, 2.45) is 5.92 Å². The van der Waals surface area contributed by atoms with Crippen molar-refractivity contribution in [2.75, 3.05) is 20.2 Å². The first-order valence-electron chi connectivity index (χ1n) is 7.59. The first kappa shape index (κ1) is 14.4. The third-order valence-electron chi connectivity index (χ3n) is 4.53. The summed E-state index contributed by atoms with van der Waals surface area (Å²) in [4.78, 5) is 0. The van der Waals surface area contributed by atoms with Gasteiger partial charge in [-0.3, -0.25) is 0 Å². The van der Waals surface area contributed by atoms with E-state index in [1.807, 2.05) is 0 Å². The topological polar surface area (TPSA) is 21.3 Å². The smallest absolute Gasteiger partial charge is 0.118 e. The zero-order chi connectivity index (χ0) is 13.7. The highest BCUT2D eigenvalue weighted by Gasteiger charge is 2.43. The fourth-order valence-corrected chi connectivity index (χ4v) is 3.27. The number of benzene rings is 1. The van der Waals surface area contributed by atoms with E-state index in [-0.39, 0.29) is 0 Å². The molecule has 1 saturated carbocycles. The summed E-state index contributed by atoms with van der Waals surface area (Å²) in [6.07, 6.45) is 5.17. The van der Waals surface area contributed by atoms with Crippen LogP contribution >= 0.6 is 0 Å². The van der Waals surface area contributed by atoms with Crippen LogP contribution in [-0.4, -0.2) is 20.2 Å². The summed E-state index contributed by atoms with van der Waals surface area (Å²) in [5, 5.41) is 3.62. The second kappa shape index (κ2) is 6.42. The molecule has 106 valence electrons. The summed E-state index contributed by atoms with van der Waals surface area (Å²) < 4.78 is 5.26. The van der Waals surface area contributed by atoms with Crippen LogP contribution < -0.4 is 10.1 Å². The molecule has 2 rings (SSSR count). The van der Waals surface area contributed by atoms with Crippen LogP contribution in [0.15, 0.2) is 24.3 Å². The van der Waals surface area contributed by atoms with Gasteiger partial charge in [-0.1, -0.05) is 32.4 Å². The average molecular weight is 261 g/mol. The number of methoxy groups -OCH3 is 1. The van der Waals surface area contributed by atoms with E-state index in [9.17, 15) is 0 Å². The molecule has 0 bridgehead atoms. The van der Waals surface area contributed by atoms with Gasteiger partial charge >= 0.3 is 0 Å². The second-order valence-electron chi connectivity index (χ2n) is 5.87. The van der Waals surface area contributed by atoms with Gasteiger partial charge in [0.05, 0.1) is 7.11 Å². The Kier molecular flexibility index (Phi) is 4.87. The maximum Gasteiger partial charge on any atom is 0.118 e. The predicted molar refractivity (Wildman–Crippen MR) is 80.8 cm³/mol. The SMILES string of the molecule is CCCNCC1(c2ccc(OC)cc2)CC(CC)C1. The number of nitrogens with one attached hydrogen (secondary N) is 1. The quantitative estimate of drug-likeness (QED) is 0.755. The lowest BCUT2D eigenvalue weighted by molar-refractivity contribution is 0.134. The zero-order valence-corrected chi connectivity index (χ0v) is 12.5. The Bertz CT molecular complexity index is 379. The molecule has 0 saturated heterocycles. The fraction of sp³-hybridized carbons (Fsp3) is 0.647. The Morgan fingerprint density at radius 1 is 1.21 bits per heavy atom. The minimum atomic E-state index is 0.363. The molecule has 1 aromatic rings. The molecule has 0 heterocycles. The highest BCUT2D eigenvalue weighted by Crippen LogP contribution is 2.48. The molecule has 1 fully saturated rings. The third-order valence-corrected chi connectivity index (χ3v) is 4.53. The molecule has 1 aliphatic rings. The maximum absolute atomic E-state index is 5.26. The van der Waals surface area contributed by atoms with Crippen LogP contribution in [0.2, 0.25) is 0 Å². The number of ether oxygens (including phenoxy) is 1. The molecular formula is C17H27NO. The first-order chi connectivity index (χ1) is 9.24. The van der Waals surface area contributed by atoms with Crippen molar-refractivity contribution >= 4 is 0 Å². The summed E-state index contributed by atoms with van der Waals surface area (Å²) in [6.45, 7) is 6.77. The molecule has 2 nitrogen and oxygen atoms in total. The molecule has 0 aromatic heterocycles. The van der Waals surface area contributed by atoms with Gasteiger partial charge < -0.3 is 10.1 Å². The van der Waals surface area contributed by atoms with Gasteiger partial charge in [-0.2, -0.15) is 0 Å². The van der Waals surface area contributed by atoms with Crippen LogP contribution in [0.5, 0.6) is 5.75 Å². The predicted octanol–water partition coefficient (Wildman–Crippen LogP) is 3.75. The number of rotatable bonds is 7. The second-order valence-corrected chi connectivity index (χ2v) is 5.87. The van der Waals surface area contributed by atoms with Gasteiger partial charge in [0.15, 0.2) is 0 Å². The molecule has 0 radical (unpaired) electrons. The highest BCUT2D eigenvalue weighted by molar-refractivity contribution is 5.35. The van der Waals surface area contributed by atoms with E-state index < -0.39 is 0 Å². The molecule has 1 aliphatic carbocycles. The number of hydrogen-bond acceptors (Lipinski definition) is 2. The molecule has 2 heteroatoms. The Morgan fingerprint density at radius 3 is 2.42 bits per heavy atom. The monoisotopic (exact) mass is 261 g/mol. The fourth-order valence-electron chi connectivity index (χ4n) is 3.27. The van der Waals surface area contributed by atoms with Gasteiger partial charge in [-0.05, 0) is 49.4 Å². The standard InChI is InChI=1S/C17H27NO/c1-4-10-18-13-17(11-14(5-2)12-17)15-6-8-16(19-3)9-7-15/h6-9,14,18H,4-5,10-13H2,1-3H3. The van der Waals surface area contributed by atoms with Crippen LogP contribution in [-0.2, 0) is 5.41 Å². The van der Waals surface area contributed by atoms with E-state index in [0.29, 0.717) is 5.41 Å². The summed E-state index contributed by atoms with van der Waals surface area (Å²) >= 11 is 0. The van der Waals surface area contributed by atoms with Crippen LogP contribution in [0.4, 0.5) is 0 Å². The van der Waals surface area contributed by atoms with Crippen molar-refractivity contribution in [1.82, 2.24) is 5.32 Å². The molecule has 0 aliphatic heterocycles. The van der Waals surface area contributed by atoms with Crippen LogP contribution in [0.25, 0.3) is 0 Å². The third kappa shape index (κ3) is 3.11. The lowest BCUT2D eigenvalue weighted by Gasteiger charge is -2.48. The van der Waals surface area contributed by atoms with Crippen LogP contribution in [0.3, 0.4) is 0 Å². The normalized spacial score (nSPS) is 25.9. The summed E-state index contributed by atoms with van der Waals surface area (Å²) in [7, 11) is 1.73. The largest absolute Gasteiger partial charge is 0.497 e. The van der Waals surface area contributed by atoms with Gasteiger partial charge in [-0.15, -0.1) is 0 Å². The van der Waals surface area contributed by atoms with E-state index in [2.05, 4.69) is 43.4 Å². The van der Waals surface area contributed by atoms with Gasteiger partial charge in [0, 0.05) is 12.0 Å². The van der Waals surface area contributed by atoms with Crippen molar-refractivity contribution in [3.63, 3.8) is 0 Å². The minimum absolute atomic E-state index is 0.363. The van der Waals surface area contributed by atoms with Gasteiger partial charge in [0.1, 0.15) is 5.75 Å². The Hall–Kier alpha value is -1.02.